The molecule has 2 aliphatic heterocycles. The molecule has 5 heterocycles. The number of aliphatic hydroxyl groups is 1. The summed E-state index contributed by atoms with van der Waals surface area (Å²) in [6.45, 7) is 3.36. The number of anilines is 1. The number of aryl methyl sites for hydroxylation is 1. The molecule has 1 N–H and O–H groups in total. The zero-order valence-corrected chi connectivity index (χ0v) is 20.6. The number of piperidine rings is 1. The van der Waals surface area contributed by atoms with Gasteiger partial charge in [-0.15, -0.1) is 0 Å². The number of hydrogen-bond acceptors (Lipinski definition) is 7. The van der Waals surface area contributed by atoms with Crippen LogP contribution in [0, 0.1) is 12.8 Å². The topological polar surface area (TPSA) is 99.2 Å². The van der Waals surface area contributed by atoms with E-state index in [-0.39, 0.29) is 11.6 Å². The number of fused-ring (bicyclic) bond motifs is 1. The van der Waals surface area contributed by atoms with Crippen LogP contribution in [0.4, 0.5) is 19.0 Å². The Kier molecular flexibility index (Phi) is 6.61. The summed E-state index contributed by atoms with van der Waals surface area (Å²) in [6, 6.07) is 4.78. The van der Waals surface area contributed by atoms with Crippen LogP contribution in [0.1, 0.15) is 52.7 Å². The molecule has 3 atom stereocenters. The zero-order chi connectivity index (χ0) is 26.3. The van der Waals surface area contributed by atoms with Crippen molar-refractivity contribution in [2.75, 3.05) is 31.6 Å². The lowest BCUT2D eigenvalue weighted by Crippen LogP contribution is -2.39. The van der Waals surface area contributed by atoms with Gasteiger partial charge in [0.05, 0.1) is 17.8 Å². The molecule has 0 aromatic carbocycles. The molecule has 2 fully saturated rings. The molecular formula is C25H28F3N7O2. The number of aromatic nitrogens is 4. The third-order valence-electron chi connectivity index (χ3n) is 6.96. The molecule has 0 bridgehead atoms. The molecule has 0 aliphatic carbocycles. The largest absolute Gasteiger partial charge is 0.433 e. The first-order chi connectivity index (χ1) is 17.7. The Morgan fingerprint density at radius 2 is 2.03 bits per heavy atom. The summed E-state index contributed by atoms with van der Waals surface area (Å²) in [5.74, 6) is 0.122. The highest BCUT2D eigenvalue weighted by Crippen LogP contribution is 2.33. The molecule has 0 saturated carbocycles. The van der Waals surface area contributed by atoms with E-state index in [1.807, 2.05) is 24.1 Å². The van der Waals surface area contributed by atoms with Crippen LogP contribution in [-0.2, 0) is 6.18 Å². The monoisotopic (exact) mass is 515 g/mol. The Morgan fingerprint density at radius 1 is 1.22 bits per heavy atom. The first-order valence-electron chi connectivity index (χ1n) is 12.2. The molecule has 9 nitrogen and oxygen atoms in total. The Hall–Kier alpha value is -3.54. The van der Waals surface area contributed by atoms with E-state index in [1.165, 1.54) is 12.1 Å². The summed E-state index contributed by atoms with van der Waals surface area (Å²) in [6.07, 6.45) is 0.693. The third-order valence-corrected chi connectivity index (χ3v) is 6.96. The second kappa shape index (κ2) is 9.73. The number of β-amino-alcohol motifs (C(OH)–C–C–N with tert-alkyl or cyclic N) is 1. The number of aliphatic imine (C=N–C) groups is 1. The predicted octanol–water partition coefficient (Wildman–Crippen LogP) is 3.32. The third kappa shape index (κ3) is 4.89. The van der Waals surface area contributed by atoms with E-state index >= 15 is 0 Å². The number of hydrogen-bond donors (Lipinski definition) is 1. The molecule has 0 spiro atoms. The van der Waals surface area contributed by atoms with E-state index in [0.29, 0.717) is 37.4 Å². The van der Waals surface area contributed by atoms with Crippen LogP contribution in [-0.4, -0.2) is 74.5 Å². The minimum absolute atomic E-state index is 0.0748. The number of pyridine rings is 1. The second-order valence-corrected chi connectivity index (χ2v) is 9.58. The molecule has 2 saturated heterocycles. The highest BCUT2D eigenvalue weighted by molar-refractivity contribution is 5.92. The number of carbonyl (C=O) groups is 1. The molecule has 37 heavy (non-hydrogen) atoms. The van der Waals surface area contributed by atoms with Gasteiger partial charge >= 0.3 is 6.18 Å². The lowest BCUT2D eigenvalue weighted by molar-refractivity contribution is -0.141. The van der Waals surface area contributed by atoms with Crippen LogP contribution in [0.3, 0.4) is 0 Å². The van der Waals surface area contributed by atoms with Gasteiger partial charge in [-0.05, 0) is 38.3 Å². The molecule has 1 unspecified atom stereocenters. The van der Waals surface area contributed by atoms with Crippen molar-refractivity contribution in [1.29, 1.82) is 0 Å². The maximum Gasteiger partial charge on any atom is 0.433 e. The van der Waals surface area contributed by atoms with Gasteiger partial charge in [0, 0.05) is 56.6 Å². The van der Waals surface area contributed by atoms with Gasteiger partial charge in [-0.2, -0.15) is 18.3 Å². The molecule has 12 heteroatoms. The fourth-order valence-electron chi connectivity index (χ4n) is 5.17. The molecule has 2 aliphatic rings. The number of alkyl halides is 3. The van der Waals surface area contributed by atoms with Crippen molar-refractivity contribution in [2.45, 2.75) is 44.5 Å². The Labute approximate surface area is 211 Å². The van der Waals surface area contributed by atoms with Crippen LogP contribution < -0.4 is 4.90 Å². The smallest absolute Gasteiger partial charge is 0.391 e. The maximum atomic E-state index is 13.3. The first-order valence-corrected chi connectivity index (χ1v) is 12.2. The van der Waals surface area contributed by atoms with E-state index in [9.17, 15) is 23.1 Å². The standard InChI is InChI=1S/C25H28F3N7O2/c1-15-12-35-22(31-23(15)33-13-16(11-29-2)20(36)14-33)10-18(32-35)19-7-3-4-9-34(19)24(37)17-6-5-8-21(30-17)25(26,27)28/h5-6,8,10-12,16,19-20,36H,3-4,7,9,13-14H2,1-2H3/t16?,19-,20-/m0/s1. The van der Waals surface area contributed by atoms with Crippen LogP contribution in [0.2, 0.25) is 0 Å². The van der Waals surface area contributed by atoms with Gasteiger partial charge in [-0.3, -0.25) is 4.79 Å². The summed E-state index contributed by atoms with van der Waals surface area (Å²) >= 11 is 0. The van der Waals surface area contributed by atoms with Crippen molar-refractivity contribution in [3.63, 3.8) is 0 Å². The number of halogens is 3. The minimum Gasteiger partial charge on any atom is -0.391 e. The number of likely N-dealkylation sites (tertiary alicyclic amines) is 1. The van der Waals surface area contributed by atoms with Gasteiger partial charge in [0.1, 0.15) is 17.2 Å². The summed E-state index contributed by atoms with van der Waals surface area (Å²) in [4.78, 5) is 29.3. The molecule has 0 radical (unpaired) electrons. The summed E-state index contributed by atoms with van der Waals surface area (Å²) in [5.41, 5.74) is 0.772. The fraction of sp³-hybridized carbons (Fsp3) is 0.480. The van der Waals surface area contributed by atoms with E-state index in [2.05, 4.69) is 15.1 Å². The predicted molar refractivity (Wildman–Crippen MR) is 131 cm³/mol. The second-order valence-electron chi connectivity index (χ2n) is 9.58. The number of carbonyl (C=O) groups excluding carboxylic acids is 1. The van der Waals surface area contributed by atoms with Crippen molar-refractivity contribution in [2.24, 2.45) is 10.9 Å². The molecule has 196 valence electrons. The summed E-state index contributed by atoms with van der Waals surface area (Å²) in [7, 11) is 1.68. The normalized spacial score (nSPS) is 22.9. The van der Waals surface area contributed by atoms with Gasteiger partial charge in [0.2, 0.25) is 0 Å². The van der Waals surface area contributed by atoms with E-state index in [4.69, 9.17) is 4.98 Å². The van der Waals surface area contributed by atoms with E-state index < -0.39 is 29.9 Å². The van der Waals surface area contributed by atoms with Crippen LogP contribution >= 0.6 is 0 Å². The molecular weight excluding hydrogens is 487 g/mol. The molecule has 5 rings (SSSR count). The SMILES string of the molecule is CN=CC1CN(c2nc3cc([C@@H]4CCCCN4C(=O)c4cccc(C(F)(F)F)n4)nn3cc2C)C[C@@H]1O. The number of nitrogens with zero attached hydrogens (tertiary/aromatic N) is 7. The van der Waals surface area contributed by atoms with Crippen molar-refractivity contribution in [3.05, 3.63) is 53.1 Å². The average Bonchev–Trinajstić information content (AvgIpc) is 3.45. The Bertz CT molecular complexity index is 1340. The zero-order valence-electron chi connectivity index (χ0n) is 20.6. The molecule has 1 amide bonds. The first kappa shape index (κ1) is 25.1. The lowest BCUT2D eigenvalue weighted by atomic mass is 9.99. The average molecular weight is 516 g/mol. The van der Waals surface area contributed by atoms with Crippen molar-refractivity contribution in [1.82, 2.24) is 24.5 Å². The van der Waals surface area contributed by atoms with Crippen LogP contribution in [0.25, 0.3) is 5.65 Å². The lowest BCUT2D eigenvalue weighted by Gasteiger charge is -2.34. The number of rotatable bonds is 4. The number of aliphatic hydroxyl groups excluding tert-OH is 1. The summed E-state index contributed by atoms with van der Waals surface area (Å²) in [5, 5.41) is 15.1. The Morgan fingerprint density at radius 3 is 2.78 bits per heavy atom. The number of amides is 1. The van der Waals surface area contributed by atoms with E-state index in [1.54, 1.807) is 22.7 Å². The van der Waals surface area contributed by atoms with Gasteiger partial charge < -0.3 is 19.9 Å². The van der Waals surface area contributed by atoms with Crippen molar-refractivity contribution in [3.8, 4) is 0 Å². The molecule has 3 aromatic heterocycles. The van der Waals surface area contributed by atoms with E-state index in [0.717, 1.165) is 30.3 Å². The quantitative estimate of drug-likeness (QED) is 0.536. The van der Waals surface area contributed by atoms with Crippen LogP contribution in [0.5, 0.6) is 0 Å². The maximum absolute atomic E-state index is 13.3. The van der Waals surface area contributed by atoms with Gasteiger partial charge in [-0.25, -0.2) is 14.5 Å². The minimum atomic E-state index is -4.63. The summed E-state index contributed by atoms with van der Waals surface area (Å²) < 4.78 is 41.1. The fourth-order valence-corrected chi connectivity index (χ4v) is 5.17. The van der Waals surface area contributed by atoms with Crippen molar-refractivity contribution >= 4 is 23.6 Å². The van der Waals surface area contributed by atoms with Gasteiger partial charge in [-0.1, -0.05) is 6.07 Å². The van der Waals surface area contributed by atoms with Gasteiger partial charge in [0.15, 0.2) is 5.65 Å². The highest BCUT2D eigenvalue weighted by Gasteiger charge is 2.36. The Balaban J connectivity index is 1.44. The molecule has 3 aromatic rings. The van der Waals surface area contributed by atoms with Gasteiger partial charge in [0.25, 0.3) is 5.91 Å². The van der Waals surface area contributed by atoms with Crippen molar-refractivity contribution < 1.29 is 23.1 Å². The highest BCUT2D eigenvalue weighted by atomic mass is 19.4. The van der Waals surface area contributed by atoms with Crippen LogP contribution in [0.15, 0.2) is 35.5 Å².